The summed E-state index contributed by atoms with van der Waals surface area (Å²) in [6.45, 7) is 12.9. The van der Waals surface area contributed by atoms with E-state index in [0.717, 1.165) is 67.9 Å². The number of ether oxygens (including phenoxy) is 4. The number of nitrogens with zero attached hydrogens (tertiary/aromatic N) is 5. The molecule has 382 valence electrons. The first-order valence-electron chi connectivity index (χ1n) is 25.1. The van der Waals surface area contributed by atoms with Crippen LogP contribution >= 0.6 is 11.6 Å². The number of aromatic nitrogens is 2. The van der Waals surface area contributed by atoms with E-state index in [0.29, 0.717) is 99.5 Å². The molecular formula is C53H63ClN8O9S. The lowest BCUT2D eigenvalue weighted by molar-refractivity contribution is -0.384. The molecule has 3 saturated heterocycles. The summed E-state index contributed by atoms with van der Waals surface area (Å²) in [7, 11) is -4.62. The summed E-state index contributed by atoms with van der Waals surface area (Å²) >= 11 is 6.38. The van der Waals surface area contributed by atoms with Gasteiger partial charge >= 0.3 is 0 Å². The number of halogens is 1. The van der Waals surface area contributed by atoms with Crippen LogP contribution in [0.5, 0.6) is 5.88 Å². The number of benzene rings is 3. The Morgan fingerprint density at radius 1 is 0.958 bits per heavy atom. The van der Waals surface area contributed by atoms with Gasteiger partial charge in [-0.05, 0) is 121 Å². The number of H-pyrrole nitrogens is 1. The molecule has 3 N–H and O–H groups in total. The van der Waals surface area contributed by atoms with E-state index in [-0.39, 0.29) is 34.9 Å². The number of sulfonamides is 1. The van der Waals surface area contributed by atoms with Crippen molar-refractivity contribution in [1.82, 2.24) is 19.6 Å². The molecule has 4 atom stereocenters. The maximum absolute atomic E-state index is 14.6. The number of nitro benzene ring substituents is 1. The van der Waals surface area contributed by atoms with Crippen LogP contribution in [-0.4, -0.2) is 125 Å². The second kappa shape index (κ2) is 21.0. The number of carbonyl (C=O) groups excluding carboxylic acids is 1. The van der Waals surface area contributed by atoms with E-state index in [2.05, 4.69) is 57.7 Å². The molecule has 0 spiro atoms. The van der Waals surface area contributed by atoms with Gasteiger partial charge in [-0.1, -0.05) is 44.5 Å². The third kappa shape index (κ3) is 10.9. The van der Waals surface area contributed by atoms with E-state index >= 15 is 0 Å². The van der Waals surface area contributed by atoms with Gasteiger partial charge < -0.3 is 39.0 Å². The minimum atomic E-state index is -4.62. The number of hydrogen-bond acceptors (Lipinski definition) is 14. The van der Waals surface area contributed by atoms with E-state index < -0.39 is 31.4 Å². The normalized spacial score (nSPS) is 23.2. The Bertz CT molecular complexity index is 2960. The van der Waals surface area contributed by atoms with Crippen molar-refractivity contribution in [1.29, 1.82) is 0 Å². The summed E-state index contributed by atoms with van der Waals surface area (Å²) in [4.78, 5) is 40.6. The number of carbonyl (C=O) groups is 1. The molecule has 5 aromatic rings. The molecule has 1 aliphatic carbocycles. The zero-order valence-electron chi connectivity index (χ0n) is 41.0. The van der Waals surface area contributed by atoms with Crippen molar-refractivity contribution >= 4 is 72.6 Å². The summed E-state index contributed by atoms with van der Waals surface area (Å²) in [5.41, 5.74) is 6.19. The van der Waals surface area contributed by atoms with Gasteiger partial charge in [-0.3, -0.25) is 19.8 Å². The average Bonchev–Trinajstić information content (AvgIpc) is 3.71. The topological polar surface area (TPSA) is 194 Å². The molecule has 3 aromatic carbocycles. The quantitative estimate of drug-likeness (QED) is 0.0886. The van der Waals surface area contributed by atoms with Crippen LogP contribution in [0.1, 0.15) is 75.2 Å². The van der Waals surface area contributed by atoms with Gasteiger partial charge in [0.15, 0.2) is 0 Å². The van der Waals surface area contributed by atoms with Crippen LogP contribution in [0.3, 0.4) is 0 Å². The molecule has 17 nitrogen and oxygen atoms in total. The van der Waals surface area contributed by atoms with Crippen molar-refractivity contribution in [2.75, 3.05) is 87.4 Å². The zero-order chi connectivity index (χ0) is 50.1. The van der Waals surface area contributed by atoms with Gasteiger partial charge in [-0.25, -0.2) is 13.1 Å². The minimum absolute atomic E-state index is 0.0106. The first-order valence-corrected chi connectivity index (χ1v) is 26.9. The zero-order valence-corrected chi connectivity index (χ0v) is 42.6. The van der Waals surface area contributed by atoms with Gasteiger partial charge in [0.25, 0.3) is 21.6 Å². The molecule has 0 saturated carbocycles. The third-order valence-electron chi connectivity index (χ3n) is 14.6. The number of allylic oxidation sites excluding steroid dienone is 1. The molecule has 6 heterocycles. The number of nitrogens with one attached hydrogen (secondary N) is 3. The fraction of sp³-hybridized carbons (Fsp3) is 0.472. The second-order valence-corrected chi connectivity index (χ2v) is 22.7. The molecule has 10 rings (SSSR count). The Hall–Kier alpha value is -5.76. The molecule has 5 aliphatic rings. The van der Waals surface area contributed by atoms with Crippen molar-refractivity contribution in [2.24, 2.45) is 11.3 Å². The van der Waals surface area contributed by atoms with Gasteiger partial charge in [0.2, 0.25) is 5.88 Å². The number of nitro groups is 1. The lowest BCUT2D eigenvalue weighted by Gasteiger charge is -2.45. The number of rotatable bonds is 10. The molecule has 4 aliphatic heterocycles. The largest absolute Gasteiger partial charge is 0.476 e. The summed E-state index contributed by atoms with van der Waals surface area (Å²) in [5.74, 6) is -0.0788. The van der Waals surface area contributed by atoms with E-state index in [1.807, 2.05) is 41.3 Å². The Balaban J connectivity index is 0.962. The predicted octanol–water partition coefficient (Wildman–Crippen LogP) is 8.96. The molecule has 19 heteroatoms. The minimum Gasteiger partial charge on any atom is -0.476 e. The van der Waals surface area contributed by atoms with Gasteiger partial charge in [0.1, 0.15) is 17.0 Å². The molecule has 1 amide bonds. The van der Waals surface area contributed by atoms with Crippen molar-refractivity contribution in [3.8, 4) is 5.88 Å². The highest BCUT2D eigenvalue weighted by molar-refractivity contribution is 7.90. The predicted molar refractivity (Wildman–Crippen MR) is 278 cm³/mol. The lowest BCUT2D eigenvalue weighted by Crippen LogP contribution is -2.56. The lowest BCUT2D eigenvalue weighted by atomic mass is 9.71. The molecule has 3 fully saturated rings. The van der Waals surface area contributed by atoms with Crippen molar-refractivity contribution in [3.63, 3.8) is 0 Å². The first kappa shape index (κ1) is 49.8. The molecule has 0 unspecified atom stereocenters. The molecule has 0 radical (unpaired) electrons. The SMILES string of the molecule is C[C@@H]1CC[C@H](CNc2ccc(S(=O)(=O)NC(=O)c3ccc(N4CCN5CC6=C(c7ccc(Cl)cc7)CC(C)(C)C[C@H]6OCCCOC[C@@H]5C4)cc3N3CCCOc4nc5[nH]ccc5cc43)cc2[N+](=O)[O-])OC1. The fourth-order valence-electron chi connectivity index (χ4n) is 10.8. The first-order chi connectivity index (χ1) is 34.7. The van der Waals surface area contributed by atoms with Crippen LogP contribution in [-0.2, 0) is 24.2 Å². The highest BCUT2D eigenvalue weighted by atomic mass is 35.5. The van der Waals surface area contributed by atoms with E-state index in [1.54, 1.807) is 12.3 Å². The summed E-state index contributed by atoms with van der Waals surface area (Å²) in [6, 6.07) is 21.1. The number of pyridine rings is 1. The van der Waals surface area contributed by atoms with Crippen molar-refractivity contribution in [2.45, 2.75) is 82.4 Å². The number of anilines is 4. The number of amides is 1. The van der Waals surface area contributed by atoms with Gasteiger partial charge in [-0.15, -0.1) is 0 Å². The molecule has 2 aromatic heterocycles. The van der Waals surface area contributed by atoms with E-state index in [4.69, 9.17) is 35.5 Å². The standard InChI is InChI=1S/C53H63ClN8O9S/c1-34-6-12-40(71-32-34)29-56-45-15-13-41(26-47(45)62(64)65)72(66,67)58-51(63)42-14-11-38(25-46(42)61-18-4-22-70-52-48(61)24-36-16-17-55-50(36)57-52)59-19-20-60-31-44-43(35-7-9-37(54)10-8-35)27-53(2,3)28-49(44)69-23-5-21-68-33-39(60)30-59/h7-11,13-17,24-26,34,39-40,49,56H,4-6,12,18-23,27-33H2,1-3H3,(H,55,57)(H,58,63)/t34-,39+,40-,49-/m1/s1. The van der Waals surface area contributed by atoms with Crippen molar-refractivity contribution in [3.05, 3.63) is 111 Å². The highest BCUT2D eigenvalue weighted by Gasteiger charge is 2.39. The Morgan fingerprint density at radius 2 is 1.81 bits per heavy atom. The third-order valence-corrected chi connectivity index (χ3v) is 16.2. The van der Waals surface area contributed by atoms with Gasteiger partial charge in [0, 0.05) is 87.4 Å². The number of aromatic amines is 1. The Morgan fingerprint density at radius 3 is 2.61 bits per heavy atom. The smallest absolute Gasteiger partial charge is 0.293 e. The van der Waals surface area contributed by atoms with Crippen LogP contribution in [0.2, 0.25) is 5.02 Å². The molecule has 72 heavy (non-hydrogen) atoms. The maximum Gasteiger partial charge on any atom is 0.293 e. The summed E-state index contributed by atoms with van der Waals surface area (Å²) in [6.07, 6.45) is 6.62. The van der Waals surface area contributed by atoms with Crippen LogP contribution < -0.4 is 24.6 Å². The molecular weight excluding hydrogens is 960 g/mol. The number of hydrogen-bond donors (Lipinski definition) is 3. The number of piperazine rings is 1. The van der Waals surface area contributed by atoms with Crippen LogP contribution in [0.25, 0.3) is 16.6 Å². The Kier molecular flexibility index (Phi) is 14.5. The second-order valence-electron chi connectivity index (χ2n) is 20.6. The highest BCUT2D eigenvalue weighted by Crippen LogP contribution is 2.46. The van der Waals surface area contributed by atoms with Crippen LogP contribution in [0.15, 0.2) is 89.5 Å². The maximum atomic E-state index is 14.6. The van der Waals surface area contributed by atoms with E-state index in [1.165, 1.54) is 23.3 Å². The average molecular weight is 1020 g/mol. The van der Waals surface area contributed by atoms with Gasteiger partial charge in [0.05, 0.1) is 52.5 Å². The van der Waals surface area contributed by atoms with E-state index in [9.17, 15) is 23.3 Å². The summed E-state index contributed by atoms with van der Waals surface area (Å²) < 4.78 is 55.6. The van der Waals surface area contributed by atoms with Crippen LogP contribution in [0.4, 0.5) is 28.4 Å². The Labute approximate surface area is 425 Å². The fourth-order valence-corrected chi connectivity index (χ4v) is 11.9. The molecule has 0 bridgehead atoms. The number of fused-ring (bicyclic) bond motifs is 4. The summed E-state index contributed by atoms with van der Waals surface area (Å²) in [5, 5.41) is 16.9. The van der Waals surface area contributed by atoms with Crippen molar-refractivity contribution < 1.29 is 37.1 Å². The van der Waals surface area contributed by atoms with Gasteiger partial charge in [-0.2, -0.15) is 4.98 Å². The van der Waals surface area contributed by atoms with Crippen LogP contribution in [0, 0.1) is 21.4 Å². The monoisotopic (exact) mass is 1020 g/mol.